The fourth-order valence-electron chi connectivity index (χ4n) is 2.22. The number of hydrogen-bond donors (Lipinski definition) is 0. The van der Waals surface area contributed by atoms with E-state index in [0.29, 0.717) is 17.1 Å². The van der Waals surface area contributed by atoms with Crippen molar-refractivity contribution in [2.24, 2.45) is 0 Å². The Kier molecular flexibility index (Phi) is 2.71. The number of carbonyl (C=O) groups is 2. The van der Waals surface area contributed by atoms with E-state index in [9.17, 15) is 9.59 Å². The van der Waals surface area contributed by atoms with E-state index in [1.54, 1.807) is 31.2 Å². The maximum Gasteiger partial charge on any atom is 0.339 e. The van der Waals surface area contributed by atoms with Gasteiger partial charge >= 0.3 is 5.97 Å². The lowest BCUT2D eigenvalue weighted by Crippen LogP contribution is -2.07. The number of rotatable bonds is 3. The van der Waals surface area contributed by atoms with Gasteiger partial charge in [0.15, 0.2) is 5.76 Å². The maximum absolute atomic E-state index is 12.0. The lowest BCUT2D eigenvalue weighted by Gasteiger charge is -2.08. The highest BCUT2D eigenvalue weighted by molar-refractivity contribution is 5.97. The quantitative estimate of drug-likeness (QED) is 0.625. The molecular weight excluding hydrogens is 244 g/mol. The number of fused-ring (bicyclic) bond motifs is 1. The van der Waals surface area contributed by atoms with E-state index in [0.717, 1.165) is 5.56 Å². The SMILES string of the molecule is Cc1ccc(C(=O)C[C@H]2OC(=O)c3ccccc32)o1. The molecule has 0 aliphatic carbocycles. The molecule has 1 aliphatic rings. The van der Waals surface area contributed by atoms with Gasteiger partial charge in [0.05, 0.1) is 12.0 Å². The Morgan fingerprint density at radius 1 is 1.21 bits per heavy atom. The zero-order valence-electron chi connectivity index (χ0n) is 10.4. The monoisotopic (exact) mass is 256 g/mol. The van der Waals surface area contributed by atoms with Crippen LogP contribution in [0.1, 0.15) is 44.8 Å². The average Bonchev–Trinajstić information content (AvgIpc) is 2.96. The van der Waals surface area contributed by atoms with Crippen LogP contribution in [0.25, 0.3) is 0 Å². The summed E-state index contributed by atoms with van der Waals surface area (Å²) in [7, 11) is 0. The van der Waals surface area contributed by atoms with E-state index >= 15 is 0 Å². The molecule has 1 aromatic carbocycles. The predicted octanol–water partition coefficient (Wildman–Crippen LogP) is 3.07. The van der Waals surface area contributed by atoms with Crippen molar-refractivity contribution in [3.63, 3.8) is 0 Å². The van der Waals surface area contributed by atoms with Crippen LogP contribution < -0.4 is 0 Å². The second-order valence-electron chi connectivity index (χ2n) is 4.52. The Morgan fingerprint density at radius 2 is 2.00 bits per heavy atom. The highest BCUT2D eigenvalue weighted by atomic mass is 16.5. The molecule has 4 nitrogen and oxygen atoms in total. The number of ketones is 1. The third-order valence-corrected chi connectivity index (χ3v) is 3.16. The molecule has 0 amide bonds. The van der Waals surface area contributed by atoms with Gasteiger partial charge in [-0.05, 0) is 25.1 Å². The molecule has 0 spiro atoms. The number of carbonyl (C=O) groups excluding carboxylic acids is 2. The number of furan rings is 1. The zero-order valence-corrected chi connectivity index (χ0v) is 10.4. The van der Waals surface area contributed by atoms with Crippen molar-refractivity contribution in [3.8, 4) is 0 Å². The minimum absolute atomic E-state index is 0.107. The van der Waals surface area contributed by atoms with Gasteiger partial charge in [0.2, 0.25) is 5.78 Å². The Labute approximate surface area is 110 Å². The van der Waals surface area contributed by atoms with Crippen LogP contribution >= 0.6 is 0 Å². The number of cyclic esters (lactones) is 1. The van der Waals surface area contributed by atoms with Crippen LogP contribution in [0.15, 0.2) is 40.8 Å². The molecule has 0 saturated heterocycles. The van der Waals surface area contributed by atoms with Crippen molar-refractivity contribution in [2.45, 2.75) is 19.4 Å². The molecule has 1 atom stereocenters. The number of aryl methyl sites for hydroxylation is 1. The molecule has 2 aromatic rings. The van der Waals surface area contributed by atoms with Crippen molar-refractivity contribution in [3.05, 3.63) is 59.0 Å². The third-order valence-electron chi connectivity index (χ3n) is 3.16. The number of ether oxygens (including phenoxy) is 1. The largest absolute Gasteiger partial charge is 0.458 e. The van der Waals surface area contributed by atoms with Gasteiger partial charge in [0.25, 0.3) is 0 Å². The van der Waals surface area contributed by atoms with Gasteiger partial charge in [0.1, 0.15) is 11.9 Å². The Bertz CT molecular complexity index is 654. The Hall–Kier alpha value is -2.36. The topological polar surface area (TPSA) is 56.5 Å². The van der Waals surface area contributed by atoms with E-state index in [1.165, 1.54) is 0 Å². The minimum atomic E-state index is -0.512. The number of hydrogen-bond acceptors (Lipinski definition) is 4. The van der Waals surface area contributed by atoms with Gasteiger partial charge in [-0.3, -0.25) is 4.79 Å². The summed E-state index contributed by atoms with van der Waals surface area (Å²) >= 11 is 0. The standard InChI is InChI=1S/C15H12O4/c1-9-6-7-13(18-9)12(16)8-14-10-4-2-3-5-11(10)15(17)19-14/h2-7,14H,8H2,1H3/t14-/m1/s1. The lowest BCUT2D eigenvalue weighted by molar-refractivity contribution is 0.0364. The Morgan fingerprint density at radius 3 is 2.74 bits per heavy atom. The molecule has 0 bridgehead atoms. The van der Waals surface area contributed by atoms with E-state index in [2.05, 4.69) is 0 Å². The maximum atomic E-state index is 12.0. The zero-order chi connectivity index (χ0) is 13.4. The fourth-order valence-corrected chi connectivity index (χ4v) is 2.22. The van der Waals surface area contributed by atoms with Gasteiger partial charge in [-0.2, -0.15) is 0 Å². The summed E-state index contributed by atoms with van der Waals surface area (Å²) in [4.78, 5) is 23.7. The van der Waals surface area contributed by atoms with E-state index in [4.69, 9.17) is 9.15 Å². The van der Waals surface area contributed by atoms with Gasteiger partial charge in [0, 0.05) is 5.56 Å². The van der Waals surface area contributed by atoms with Crippen molar-refractivity contribution in [1.82, 2.24) is 0 Å². The second kappa shape index (κ2) is 4.39. The van der Waals surface area contributed by atoms with Crippen LogP contribution in [0.4, 0.5) is 0 Å². The normalized spacial score (nSPS) is 17.1. The summed E-state index contributed by atoms with van der Waals surface area (Å²) in [5.41, 5.74) is 1.31. The molecule has 19 heavy (non-hydrogen) atoms. The fraction of sp³-hybridized carbons (Fsp3) is 0.200. The molecule has 3 rings (SSSR count). The number of benzene rings is 1. The van der Waals surface area contributed by atoms with Crippen molar-refractivity contribution < 1.29 is 18.7 Å². The first-order valence-corrected chi connectivity index (χ1v) is 6.04. The molecule has 1 aliphatic heterocycles. The molecule has 0 unspecified atom stereocenters. The summed E-state index contributed by atoms with van der Waals surface area (Å²) in [6.07, 6.45) is -0.406. The van der Waals surface area contributed by atoms with Crippen molar-refractivity contribution in [2.75, 3.05) is 0 Å². The molecule has 2 heterocycles. The summed E-state index contributed by atoms with van der Waals surface area (Å²) in [6, 6.07) is 10.5. The molecule has 96 valence electrons. The van der Waals surface area contributed by atoms with E-state index in [1.807, 2.05) is 12.1 Å². The predicted molar refractivity (Wildman–Crippen MR) is 67.0 cm³/mol. The first-order valence-electron chi connectivity index (χ1n) is 6.04. The van der Waals surface area contributed by atoms with Crippen LogP contribution in [-0.4, -0.2) is 11.8 Å². The Balaban J connectivity index is 1.82. The average molecular weight is 256 g/mol. The smallest absolute Gasteiger partial charge is 0.339 e. The molecule has 0 fully saturated rings. The van der Waals surface area contributed by atoms with Crippen molar-refractivity contribution >= 4 is 11.8 Å². The van der Waals surface area contributed by atoms with E-state index in [-0.39, 0.29) is 18.2 Å². The summed E-state index contributed by atoms with van der Waals surface area (Å²) < 4.78 is 10.5. The molecular formula is C15H12O4. The van der Waals surface area contributed by atoms with Crippen LogP contribution in [0, 0.1) is 6.92 Å². The van der Waals surface area contributed by atoms with Crippen LogP contribution in [0.3, 0.4) is 0 Å². The van der Waals surface area contributed by atoms with Gasteiger partial charge in [-0.1, -0.05) is 18.2 Å². The molecule has 0 saturated carbocycles. The van der Waals surface area contributed by atoms with Gasteiger partial charge in [-0.25, -0.2) is 4.79 Å². The molecule has 4 heteroatoms. The number of Topliss-reactive ketones (excluding diaryl/α,β-unsaturated/α-hetero) is 1. The number of esters is 1. The van der Waals surface area contributed by atoms with Gasteiger partial charge in [-0.15, -0.1) is 0 Å². The molecule has 0 N–H and O–H groups in total. The highest BCUT2D eigenvalue weighted by Gasteiger charge is 2.32. The van der Waals surface area contributed by atoms with Crippen LogP contribution in [0.5, 0.6) is 0 Å². The van der Waals surface area contributed by atoms with Crippen LogP contribution in [-0.2, 0) is 4.74 Å². The molecule has 1 aromatic heterocycles. The third kappa shape index (κ3) is 2.05. The lowest BCUT2D eigenvalue weighted by atomic mass is 10.0. The molecule has 0 radical (unpaired) electrons. The minimum Gasteiger partial charge on any atom is -0.458 e. The second-order valence-corrected chi connectivity index (χ2v) is 4.52. The first kappa shape index (κ1) is 11.7. The van der Waals surface area contributed by atoms with E-state index < -0.39 is 6.10 Å². The highest BCUT2D eigenvalue weighted by Crippen LogP contribution is 2.33. The van der Waals surface area contributed by atoms with Gasteiger partial charge < -0.3 is 9.15 Å². The summed E-state index contributed by atoms with van der Waals surface area (Å²) in [5.74, 6) is 0.455. The summed E-state index contributed by atoms with van der Waals surface area (Å²) in [6.45, 7) is 1.78. The first-order chi connectivity index (χ1) is 9.15. The van der Waals surface area contributed by atoms with Crippen LogP contribution in [0.2, 0.25) is 0 Å². The summed E-state index contributed by atoms with van der Waals surface area (Å²) in [5, 5.41) is 0. The van der Waals surface area contributed by atoms with Crippen molar-refractivity contribution in [1.29, 1.82) is 0 Å².